The van der Waals surface area contributed by atoms with Crippen molar-refractivity contribution < 1.29 is 18.8 Å². The molecule has 132 valence electrons. The lowest BCUT2D eigenvalue weighted by Crippen LogP contribution is -2.53. The van der Waals surface area contributed by atoms with Gasteiger partial charge in [0.25, 0.3) is 5.91 Å². The lowest BCUT2D eigenvalue weighted by atomic mass is 9.82. The van der Waals surface area contributed by atoms with Gasteiger partial charge in [-0.2, -0.15) is 0 Å². The first-order valence-electron chi connectivity index (χ1n) is 9.04. The topological polar surface area (TPSA) is 55.2 Å². The average molecular weight is 334 g/mol. The minimum absolute atomic E-state index is 0.0413. The molecule has 6 heteroatoms. The number of carbonyl (C=O) groups excluding carboxylic acids is 1. The number of amides is 1. The lowest BCUT2D eigenvalue weighted by molar-refractivity contribution is -0.205. The monoisotopic (exact) mass is 334 g/mol. The van der Waals surface area contributed by atoms with Gasteiger partial charge in [-0.25, -0.2) is 5.06 Å². The van der Waals surface area contributed by atoms with Crippen molar-refractivity contribution in [3.8, 4) is 0 Å². The molecule has 3 aliphatic rings. The third-order valence-corrected chi connectivity index (χ3v) is 5.41. The first-order valence-corrected chi connectivity index (χ1v) is 9.04. The van der Waals surface area contributed by atoms with E-state index in [2.05, 4.69) is 4.90 Å². The molecule has 3 aliphatic heterocycles. The summed E-state index contributed by atoms with van der Waals surface area (Å²) in [5.74, 6) is 2.28. The molecule has 0 N–H and O–H groups in total. The highest BCUT2D eigenvalue weighted by molar-refractivity contribution is 5.78. The van der Waals surface area contributed by atoms with Gasteiger partial charge in [-0.1, -0.05) is 0 Å². The number of carbonyl (C=O) groups is 1. The van der Waals surface area contributed by atoms with E-state index in [-0.39, 0.29) is 17.9 Å². The zero-order valence-electron chi connectivity index (χ0n) is 14.3. The van der Waals surface area contributed by atoms with Crippen molar-refractivity contribution in [3.05, 3.63) is 23.7 Å². The van der Waals surface area contributed by atoms with Crippen molar-refractivity contribution in [3.63, 3.8) is 0 Å². The second kappa shape index (κ2) is 6.86. The Morgan fingerprint density at radius 2 is 2.17 bits per heavy atom. The number of nitrogens with zero attached hydrogens (tertiary/aromatic N) is 2. The van der Waals surface area contributed by atoms with Crippen molar-refractivity contribution >= 4 is 5.91 Å². The molecule has 1 aromatic heterocycles. The number of ether oxygens (including phenoxy) is 1. The third kappa shape index (κ3) is 3.23. The number of likely N-dealkylation sites (tertiary alicyclic amines) is 1. The van der Waals surface area contributed by atoms with Gasteiger partial charge in [0.1, 0.15) is 11.5 Å². The average Bonchev–Trinajstić information content (AvgIpc) is 3.23. The van der Waals surface area contributed by atoms with Crippen LogP contribution in [0.3, 0.4) is 0 Å². The molecule has 1 amide bonds. The van der Waals surface area contributed by atoms with E-state index in [0.29, 0.717) is 19.1 Å². The Bertz CT molecular complexity index is 581. The molecule has 1 aromatic rings. The van der Waals surface area contributed by atoms with E-state index in [0.717, 1.165) is 57.0 Å². The molecule has 4 rings (SSSR count). The van der Waals surface area contributed by atoms with E-state index < -0.39 is 0 Å². The maximum atomic E-state index is 13.0. The van der Waals surface area contributed by atoms with Crippen LogP contribution in [0, 0.1) is 18.8 Å². The molecule has 0 unspecified atom stereocenters. The van der Waals surface area contributed by atoms with Crippen LogP contribution in [-0.4, -0.2) is 54.8 Å². The minimum atomic E-state index is -0.0413. The van der Waals surface area contributed by atoms with Crippen molar-refractivity contribution in [1.82, 2.24) is 9.96 Å². The van der Waals surface area contributed by atoms with Gasteiger partial charge in [-0.15, -0.1) is 0 Å². The number of hydrogen-bond acceptors (Lipinski definition) is 5. The van der Waals surface area contributed by atoms with Crippen LogP contribution in [0.15, 0.2) is 16.5 Å². The largest absolute Gasteiger partial charge is 0.465 e. The SMILES string of the molecule is Cc1ccc(CN2C[C@@H]3OCC[C@@H]3[C@H](C(=O)N3CCCCO3)C2)o1. The molecule has 3 atom stereocenters. The fourth-order valence-corrected chi connectivity index (χ4v) is 4.19. The number of hydrogen-bond donors (Lipinski definition) is 0. The Morgan fingerprint density at radius 1 is 1.25 bits per heavy atom. The highest BCUT2D eigenvalue weighted by atomic mass is 16.7. The summed E-state index contributed by atoms with van der Waals surface area (Å²) >= 11 is 0. The number of aryl methyl sites for hydroxylation is 1. The Labute approximate surface area is 142 Å². The van der Waals surface area contributed by atoms with E-state index in [9.17, 15) is 4.79 Å². The van der Waals surface area contributed by atoms with Crippen LogP contribution in [0.5, 0.6) is 0 Å². The summed E-state index contributed by atoms with van der Waals surface area (Å²) in [5.41, 5.74) is 0. The second-order valence-corrected chi connectivity index (χ2v) is 7.16. The van der Waals surface area contributed by atoms with Gasteiger partial charge in [0.15, 0.2) is 0 Å². The van der Waals surface area contributed by atoms with E-state index in [1.54, 1.807) is 5.06 Å². The fraction of sp³-hybridized carbons (Fsp3) is 0.722. The number of hydroxylamine groups is 2. The number of fused-ring (bicyclic) bond motifs is 1. The molecule has 0 bridgehead atoms. The van der Waals surface area contributed by atoms with Gasteiger partial charge in [0.05, 0.1) is 25.2 Å². The molecule has 4 heterocycles. The first-order chi connectivity index (χ1) is 11.7. The summed E-state index contributed by atoms with van der Waals surface area (Å²) < 4.78 is 11.6. The summed E-state index contributed by atoms with van der Waals surface area (Å²) in [4.78, 5) is 20.9. The smallest absolute Gasteiger partial charge is 0.250 e. The van der Waals surface area contributed by atoms with Crippen LogP contribution in [0.25, 0.3) is 0 Å². The third-order valence-electron chi connectivity index (χ3n) is 5.41. The summed E-state index contributed by atoms with van der Waals surface area (Å²) in [7, 11) is 0. The Morgan fingerprint density at radius 3 is 2.92 bits per heavy atom. The molecule has 0 aromatic carbocycles. The van der Waals surface area contributed by atoms with Crippen molar-refractivity contribution in [2.45, 2.75) is 38.8 Å². The van der Waals surface area contributed by atoms with Crippen LogP contribution >= 0.6 is 0 Å². The van der Waals surface area contributed by atoms with E-state index in [1.165, 1.54) is 0 Å². The fourth-order valence-electron chi connectivity index (χ4n) is 4.19. The zero-order chi connectivity index (χ0) is 16.5. The molecular formula is C18H26N2O4. The molecule has 0 spiro atoms. The maximum absolute atomic E-state index is 13.0. The van der Waals surface area contributed by atoms with Gasteiger partial charge >= 0.3 is 0 Å². The highest BCUT2D eigenvalue weighted by Gasteiger charge is 2.45. The molecule has 24 heavy (non-hydrogen) atoms. The maximum Gasteiger partial charge on any atom is 0.250 e. The summed E-state index contributed by atoms with van der Waals surface area (Å²) in [6.07, 6.45) is 3.18. The lowest BCUT2D eigenvalue weighted by Gasteiger charge is -2.41. The summed E-state index contributed by atoms with van der Waals surface area (Å²) in [6.45, 7) is 6.43. The van der Waals surface area contributed by atoms with Crippen molar-refractivity contribution in [2.24, 2.45) is 11.8 Å². The first kappa shape index (κ1) is 16.1. The molecular weight excluding hydrogens is 308 g/mol. The van der Waals surface area contributed by atoms with Crippen LogP contribution in [0.2, 0.25) is 0 Å². The predicted molar refractivity (Wildman–Crippen MR) is 87.0 cm³/mol. The molecule has 0 aliphatic carbocycles. The van der Waals surface area contributed by atoms with E-state index in [1.807, 2.05) is 19.1 Å². The highest BCUT2D eigenvalue weighted by Crippen LogP contribution is 2.35. The van der Waals surface area contributed by atoms with Crippen LogP contribution < -0.4 is 0 Å². The molecule has 3 saturated heterocycles. The Balaban J connectivity index is 1.47. The van der Waals surface area contributed by atoms with Crippen LogP contribution in [0.4, 0.5) is 0 Å². The summed E-state index contributed by atoms with van der Waals surface area (Å²) in [5, 5.41) is 1.60. The molecule has 6 nitrogen and oxygen atoms in total. The predicted octanol–water partition coefficient (Wildman–Crippen LogP) is 1.98. The number of piperidine rings is 1. The van der Waals surface area contributed by atoms with Gasteiger partial charge < -0.3 is 9.15 Å². The van der Waals surface area contributed by atoms with Crippen LogP contribution in [-0.2, 0) is 20.9 Å². The molecule has 0 radical (unpaired) electrons. The normalized spacial score (nSPS) is 31.2. The van der Waals surface area contributed by atoms with Crippen LogP contribution in [0.1, 0.15) is 30.8 Å². The van der Waals surface area contributed by atoms with Gasteiger partial charge in [0.2, 0.25) is 0 Å². The Hall–Kier alpha value is -1.37. The minimum Gasteiger partial charge on any atom is -0.465 e. The molecule has 0 saturated carbocycles. The molecule has 3 fully saturated rings. The van der Waals surface area contributed by atoms with Gasteiger partial charge in [-0.05, 0) is 38.3 Å². The standard InChI is InChI=1S/C18H26N2O4/c1-13-4-5-14(24-13)10-19-11-16(15-6-9-22-17(15)12-19)18(21)20-7-2-3-8-23-20/h4-5,15-17H,2-3,6-12H2,1H3/t15-,16-,17+/m1/s1. The summed E-state index contributed by atoms with van der Waals surface area (Å²) in [6, 6.07) is 4.00. The van der Waals surface area contributed by atoms with Crippen molar-refractivity contribution in [2.75, 3.05) is 32.8 Å². The Kier molecular flexibility index (Phi) is 4.61. The second-order valence-electron chi connectivity index (χ2n) is 7.16. The van der Waals surface area contributed by atoms with E-state index >= 15 is 0 Å². The van der Waals surface area contributed by atoms with Crippen molar-refractivity contribution in [1.29, 1.82) is 0 Å². The zero-order valence-corrected chi connectivity index (χ0v) is 14.3. The number of rotatable bonds is 3. The van der Waals surface area contributed by atoms with E-state index in [4.69, 9.17) is 14.0 Å². The number of furan rings is 1. The van der Waals surface area contributed by atoms with Gasteiger partial charge in [0, 0.05) is 32.2 Å². The van der Waals surface area contributed by atoms with Gasteiger partial charge in [-0.3, -0.25) is 14.5 Å². The quantitative estimate of drug-likeness (QED) is 0.846.